The average Bonchev–Trinajstić information content (AvgIpc) is 2.72. The highest BCUT2D eigenvalue weighted by Crippen LogP contribution is 2.41. The highest BCUT2D eigenvalue weighted by atomic mass is 35.5. The van der Waals surface area contributed by atoms with Crippen LogP contribution in [0.15, 0.2) is 36.4 Å². The Hall–Kier alpha value is -1.45. The SMILES string of the molecule is Clc1ccc2c(c1)OC(c1cccc(Cl)n1)O2. The molecule has 0 aliphatic carbocycles. The van der Waals surface area contributed by atoms with Crippen LogP contribution in [-0.4, -0.2) is 4.98 Å². The highest BCUT2D eigenvalue weighted by Gasteiger charge is 2.27. The number of benzene rings is 1. The molecule has 1 unspecified atom stereocenters. The third-order valence-corrected chi connectivity index (χ3v) is 2.80. The molecule has 3 nitrogen and oxygen atoms in total. The Morgan fingerprint density at radius 1 is 1.00 bits per heavy atom. The molecule has 0 saturated heterocycles. The van der Waals surface area contributed by atoms with Gasteiger partial charge in [-0.1, -0.05) is 29.3 Å². The Labute approximate surface area is 108 Å². The zero-order chi connectivity index (χ0) is 11.8. The summed E-state index contributed by atoms with van der Waals surface area (Å²) in [7, 11) is 0. The number of pyridine rings is 1. The zero-order valence-electron chi connectivity index (χ0n) is 8.56. The van der Waals surface area contributed by atoms with Crippen molar-refractivity contribution in [2.24, 2.45) is 0 Å². The van der Waals surface area contributed by atoms with Crippen LogP contribution in [0.2, 0.25) is 10.2 Å². The van der Waals surface area contributed by atoms with E-state index >= 15 is 0 Å². The van der Waals surface area contributed by atoms with Crippen molar-refractivity contribution in [3.05, 3.63) is 52.3 Å². The Bertz CT molecular complexity index is 574. The number of aromatic nitrogens is 1. The van der Waals surface area contributed by atoms with Crippen molar-refractivity contribution >= 4 is 23.2 Å². The highest BCUT2D eigenvalue weighted by molar-refractivity contribution is 6.30. The molecule has 1 atom stereocenters. The van der Waals surface area contributed by atoms with Crippen molar-refractivity contribution in [3.63, 3.8) is 0 Å². The number of hydrogen-bond donors (Lipinski definition) is 0. The topological polar surface area (TPSA) is 31.4 Å². The van der Waals surface area contributed by atoms with Gasteiger partial charge in [-0.3, -0.25) is 0 Å². The molecular weight excluding hydrogens is 261 g/mol. The minimum atomic E-state index is -0.567. The van der Waals surface area contributed by atoms with Crippen LogP contribution < -0.4 is 9.47 Å². The lowest BCUT2D eigenvalue weighted by Gasteiger charge is -2.09. The number of nitrogens with zero attached hydrogens (tertiary/aromatic N) is 1. The van der Waals surface area contributed by atoms with Crippen LogP contribution in [0.3, 0.4) is 0 Å². The van der Waals surface area contributed by atoms with Gasteiger partial charge in [0.25, 0.3) is 6.29 Å². The predicted molar refractivity (Wildman–Crippen MR) is 64.7 cm³/mol. The van der Waals surface area contributed by atoms with E-state index in [1.807, 2.05) is 0 Å². The first-order valence-corrected chi connectivity index (χ1v) is 5.73. The maximum absolute atomic E-state index is 5.87. The van der Waals surface area contributed by atoms with Gasteiger partial charge in [0.15, 0.2) is 11.5 Å². The van der Waals surface area contributed by atoms with Crippen LogP contribution in [0.5, 0.6) is 11.5 Å². The molecule has 0 N–H and O–H groups in total. The molecule has 1 aromatic carbocycles. The summed E-state index contributed by atoms with van der Waals surface area (Å²) in [6, 6.07) is 10.5. The molecule has 1 aliphatic rings. The first-order chi connectivity index (χ1) is 8.22. The monoisotopic (exact) mass is 267 g/mol. The third kappa shape index (κ3) is 2.04. The summed E-state index contributed by atoms with van der Waals surface area (Å²) in [6.07, 6.45) is -0.567. The molecule has 2 aromatic rings. The van der Waals surface area contributed by atoms with Gasteiger partial charge in [0.05, 0.1) is 0 Å². The van der Waals surface area contributed by atoms with E-state index in [2.05, 4.69) is 4.98 Å². The van der Waals surface area contributed by atoms with Crippen LogP contribution in [-0.2, 0) is 0 Å². The number of hydrogen-bond acceptors (Lipinski definition) is 3. The first kappa shape index (κ1) is 10.7. The predicted octanol–water partition coefficient (Wildman–Crippen LogP) is 3.86. The fourth-order valence-electron chi connectivity index (χ4n) is 1.60. The Morgan fingerprint density at radius 2 is 1.82 bits per heavy atom. The summed E-state index contributed by atoms with van der Waals surface area (Å²) in [4.78, 5) is 4.14. The van der Waals surface area contributed by atoms with Gasteiger partial charge >= 0.3 is 0 Å². The summed E-state index contributed by atoms with van der Waals surface area (Å²) in [5, 5.41) is 1.01. The van der Waals surface area contributed by atoms with Crippen LogP contribution in [0.25, 0.3) is 0 Å². The van der Waals surface area contributed by atoms with Gasteiger partial charge in [-0.05, 0) is 24.3 Å². The van der Waals surface area contributed by atoms with E-state index in [9.17, 15) is 0 Å². The molecule has 0 saturated carbocycles. The summed E-state index contributed by atoms with van der Waals surface area (Å²) in [6.45, 7) is 0. The van der Waals surface area contributed by atoms with Crippen molar-refractivity contribution in [3.8, 4) is 11.5 Å². The fraction of sp³-hybridized carbons (Fsp3) is 0.0833. The van der Waals surface area contributed by atoms with E-state index in [1.165, 1.54) is 0 Å². The normalized spacial score (nSPS) is 17.2. The van der Waals surface area contributed by atoms with Gasteiger partial charge in [0.1, 0.15) is 10.8 Å². The van der Waals surface area contributed by atoms with Crippen LogP contribution >= 0.6 is 23.2 Å². The van der Waals surface area contributed by atoms with Crippen molar-refractivity contribution in [2.45, 2.75) is 6.29 Å². The molecule has 0 amide bonds. The molecular formula is C12H7Cl2NO2. The molecule has 3 rings (SSSR count). The van der Waals surface area contributed by atoms with E-state index < -0.39 is 6.29 Å². The van der Waals surface area contributed by atoms with E-state index in [0.29, 0.717) is 27.4 Å². The summed E-state index contributed by atoms with van der Waals surface area (Å²) >= 11 is 11.7. The molecule has 2 heterocycles. The number of fused-ring (bicyclic) bond motifs is 1. The molecule has 0 spiro atoms. The molecule has 1 aromatic heterocycles. The second-order valence-corrected chi connectivity index (χ2v) is 4.37. The van der Waals surface area contributed by atoms with Gasteiger partial charge in [-0.2, -0.15) is 0 Å². The molecule has 0 bridgehead atoms. The van der Waals surface area contributed by atoms with Gasteiger partial charge in [0.2, 0.25) is 0 Å². The Morgan fingerprint density at radius 3 is 2.65 bits per heavy atom. The summed E-state index contributed by atoms with van der Waals surface area (Å²) in [5.74, 6) is 1.27. The standard InChI is InChI=1S/C12H7Cl2NO2/c13-7-4-5-9-10(6-7)17-12(16-9)8-2-1-3-11(14)15-8/h1-6,12H. The number of rotatable bonds is 1. The van der Waals surface area contributed by atoms with Gasteiger partial charge in [-0.15, -0.1) is 0 Å². The maximum Gasteiger partial charge on any atom is 0.285 e. The largest absolute Gasteiger partial charge is 0.445 e. The van der Waals surface area contributed by atoms with E-state index in [4.69, 9.17) is 32.7 Å². The number of halogens is 2. The third-order valence-electron chi connectivity index (χ3n) is 2.35. The minimum absolute atomic E-state index is 0.406. The molecule has 1 aliphatic heterocycles. The minimum Gasteiger partial charge on any atom is -0.445 e. The molecule has 17 heavy (non-hydrogen) atoms. The second kappa shape index (κ2) is 4.09. The fourth-order valence-corrected chi connectivity index (χ4v) is 1.93. The molecule has 0 radical (unpaired) electrons. The molecule has 5 heteroatoms. The lowest BCUT2D eigenvalue weighted by molar-refractivity contribution is 0.0447. The van der Waals surface area contributed by atoms with Crippen LogP contribution in [0.1, 0.15) is 12.0 Å². The van der Waals surface area contributed by atoms with Gasteiger partial charge < -0.3 is 9.47 Å². The first-order valence-electron chi connectivity index (χ1n) is 4.98. The summed E-state index contributed by atoms with van der Waals surface area (Å²) in [5.41, 5.74) is 0.629. The van der Waals surface area contributed by atoms with Crippen molar-refractivity contribution < 1.29 is 9.47 Å². The van der Waals surface area contributed by atoms with Crippen molar-refractivity contribution in [1.29, 1.82) is 0 Å². The lowest BCUT2D eigenvalue weighted by Crippen LogP contribution is -2.09. The number of ether oxygens (including phenoxy) is 2. The van der Waals surface area contributed by atoms with Gasteiger partial charge in [-0.25, -0.2) is 4.98 Å². The van der Waals surface area contributed by atoms with Gasteiger partial charge in [0, 0.05) is 11.1 Å². The van der Waals surface area contributed by atoms with E-state index in [-0.39, 0.29) is 0 Å². The zero-order valence-corrected chi connectivity index (χ0v) is 10.1. The Kier molecular flexibility index (Phi) is 2.57. The molecule has 0 fully saturated rings. The molecule has 86 valence electrons. The van der Waals surface area contributed by atoms with Crippen LogP contribution in [0.4, 0.5) is 0 Å². The quantitative estimate of drug-likeness (QED) is 0.736. The van der Waals surface area contributed by atoms with Crippen molar-refractivity contribution in [1.82, 2.24) is 4.98 Å². The van der Waals surface area contributed by atoms with E-state index in [0.717, 1.165) is 0 Å². The van der Waals surface area contributed by atoms with Crippen LogP contribution in [0, 0.1) is 0 Å². The average molecular weight is 268 g/mol. The Balaban J connectivity index is 1.91. The van der Waals surface area contributed by atoms with E-state index in [1.54, 1.807) is 36.4 Å². The summed E-state index contributed by atoms with van der Waals surface area (Å²) < 4.78 is 11.2. The lowest BCUT2D eigenvalue weighted by atomic mass is 10.3. The van der Waals surface area contributed by atoms with Crippen molar-refractivity contribution in [2.75, 3.05) is 0 Å². The second-order valence-electron chi connectivity index (χ2n) is 3.54. The maximum atomic E-state index is 5.87. The smallest absolute Gasteiger partial charge is 0.285 e.